The lowest BCUT2D eigenvalue weighted by molar-refractivity contribution is -0.125. The Balaban J connectivity index is 1.42. The van der Waals surface area contributed by atoms with E-state index in [0.717, 1.165) is 30.2 Å². The molecule has 0 unspecified atom stereocenters. The van der Waals surface area contributed by atoms with Gasteiger partial charge in [-0.25, -0.2) is 0 Å². The summed E-state index contributed by atoms with van der Waals surface area (Å²) in [5.74, 6) is 2.93. The lowest BCUT2D eigenvalue weighted by atomic mass is 10.1. The minimum Gasteiger partial charge on any atom is -0.485 e. The minimum absolute atomic E-state index is 0.0434. The van der Waals surface area contributed by atoms with Gasteiger partial charge < -0.3 is 19.7 Å². The molecule has 0 spiro atoms. The van der Waals surface area contributed by atoms with Crippen molar-refractivity contribution < 1.29 is 19.1 Å². The zero-order valence-electron chi connectivity index (χ0n) is 15.6. The van der Waals surface area contributed by atoms with E-state index >= 15 is 0 Å². The lowest BCUT2D eigenvalue weighted by Crippen LogP contribution is -2.40. The summed E-state index contributed by atoms with van der Waals surface area (Å²) in [5, 5.41) is 2.88. The summed E-state index contributed by atoms with van der Waals surface area (Å²) in [5.41, 5.74) is 2.15. The van der Waals surface area contributed by atoms with Crippen LogP contribution in [0.3, 0.4) is 0 Å². The van der Waals surface area contributed by atoms with E-state index in [4.69, 9.17) is 9.47 Å². The molecule has 2 aliphatic rings. The molecule has 0 aromatic heterocycles. The molecule has 2 aromatic carbocycles. The predicted molar refractivity (Wildman–Crippen MR) is 109 cm³/mol. The van der Waals surface area contributed by atoms with Gasteiger partial charge in [0.25, 0.3) is 11.8 Å². The van der Waals surface area contributed by atoms with E-state index in [9.17, 15) is 9.59 Å². The molecule has 1 fully saturated rings. The van der Waals surface area contributed by atoms with Crippen molar-refractivity contribution in [3.63, 3.8) is 0 Å². The van der Waals surface area contributed by atoms with Crippen LogP contribution in [0.1, 0.15) is 15.9 Å². The Hall–Kier alpha value is -2.67. The second-order valence-electron chi connectivity index (χ2n) is 6.79. The van der Waals surface area contributed by atoms with Gasteiger partial charge in [0.05, 0.1) is 0 Å². The SMILES string of the molecule is Cc1cc(C(=O)N2CCSCC2)ccc1NC(=O)[C@@H]1COc2ccccc2O1. The van der Waals surface area contributed by atoms with E-state index in [0.29, 0.717) is 22.7 Å². The van der Waals surface area contributed by atoms with Gasteiger partial charge in [0.2, 0.25) is 6.10 Å². The first-order valence-electron chi connectivity index (χ1n) is 9.29. The average molecular weight is 398 g/mol. The van der Waals surface area contributed by atoms with Gasteiger partial charge in [-0.1, -0.05) is 12.1 Å². The molecule has 1 atom stereocenters. The second kappa shape index (κ2) is 8.14. The Bertz CT molecular complexity index is 896. The van der Waals surface area contributed by atoms with Crippen LogP contribution in [0.25, 0.3) is 0 Å². The molecule has 2 amide bonds. The van der Waals surface area contributed by atoms with Gasteiger partial charge >= 0.3 is 0 Å². The van der Waals surface area contributed by atoms with Crippen LogP contribution in [0.15, 0.2) is 42.5 Å². The maximum atomic E-state index is 12.6. The molecular weight excluding hydrogens is 376 g/mol. The number of benzene rings is 2. The van der Waals surface area contributed by atoms with Crippen molar-refractivity contribution in [3.8, 4) is 11.5 Å². The number of fused-ring (bicyclic) bond motifs is 1. The van der Waals surface area contributed by atoms with Crippen LogP contribution in [0.5, 0.6) is 11.5 Å². The highest BCUT2D eigenvalue weighted by Crippen LogP contribution is 2.31. The zero-order valence-corrected chi connectivity index (χ0v) is 16.5. The Labute approximate surface area is 168 Å². The van der Waals surface area contributed by atoms with Gasteiger partial charge in [0.1, 0.15) is 6.61 Å². The summed E-state index contributed by atoms with van der Waals surface area (Å²) in [7, 11) is 0. The fourth-order valence-corrected chi connectivity index (χ4v) is 4.15. The van der Waals surface area contributed by atoms with E-state index in [1.807, 2.05) is 47.9 Å². The molecule has 0 aliphatic carbocycles. The number of para-hydroxylation sites is 2. The number of nitrogens with zero attached hydrogens (tertiary/aromatic N) is 1. The highest BCUT2D eigenvalue weighted by atomic mass is 32.2. The maximum Gasteiger partial charge on any atom is 0.269 e. The summed E-state index contributed by atoms with van der Waals surface area (Å²) < 4.78 is 11.4. The highest BCUT2D eigenvalue weighted by molar-refractivity contribution is 7.99. The topological polar surface area (TPSA) is 67.9 Å². The molecule has 146 valence electrons. The molecule has 2 aliphatic heterocycles. The third kappa shape index (κ3) is 3.94. The van der Waals surface area contributed by atoms with Crippen LogP contribution in [0, 0.1) is 6.92 Å². The van der Waals surface area contributed by atoms with Crippen LogP contribution in [-0.4, -0.2) is 54.0 Å². The summed E-state index contributed by atoms with van der Waals surface area (Å²) in [4.78, 5) is 27.1. The van der Waals surface area contributed by atoms with Gasteiger partial charge in [-0.3, -0.25) is 9.59 Å². The number of anilines is 1. The van der Waals surface area contributed by atoms with Crippen LogP contribution < -0.4 is 14.8 Å². The molecule has 2 heterocycles. The van der Waals surface area contributed by atoms with Crippen molar-refractivity contribution in [2.75, 3.05) is 36.5 Å². The van der Waals surface area contributed by atoms with E-state index in [1.54, 1.807) is 18.2 Å². The van der Waals surface area contributed by atoms with Crippen molar-refractivity contribution in [3.05, 3.63) is 53.6 Å². The number of hydrogen-bond donors (Lipinski definition) is 1. The molecule has 0 bridgehead atoms. The smallest absolute Gasteiger partial charge is 0.269 e. The van der Waals surface area contributed by atoms with Crippen LogP contribution in [-0.2, 0) is 4.79 Å². The first-order valence-corrected chi connectivity index (χ1v) is 10.4. The van der Waals surface area contributed by atoms with Crippen LogP contribution in [0.4, 0.5) is 5.69 Å². The first kappa shape index (κ1) is 18.7. The third-order valence-corrected chi connectivity index (χ3v) is 5.77. The maximum absolute atomic E-state index is 12.6. The van der Waals surface area contributed by atoms with Crippen molar-refractivity contribution in [1.29, 1.82) is 0 Å². The van der Waals surface area contributed by atoms with Crippen molar-refractivity contribution >= 4 is 29.3 Å². The molecule has 6 nitrogen and oxygen atoms in total. The van der Waals surface area contributed by atoms with Crippen LogP contribution >= 0.6 is 11.8 Å². The number of aryl methyl sites for hydroxylation is 1. The van der Waals surface area contributed by atoms with E-state index in [2.05, 4.69) is 5.32 Å². The van der Waals surface area contributed by atoms with E-state index < -0.39 is 6.10 Å². The molecule has 1 N–H and O–H groups in total. The third-order valence-electron chi connectivity index (χ3n) is 4.83. The second-order valence-corrected chi connectivity index (χ2v) is 8.01. The largest absolute Gasteiger partial charge is 0.485 e. The zero-order chi connectivity index (χ0) is 19.5. The molecule has 0 radical (unpaired) electrons. The number of carbonyl (C=O) groups is 2. The molecule has 7 heteroatoms. The molecule has 4 rings (SSSR count). The number of carbonyl (C=O) groups excluding carboxylic acids is 2. The number of nitrogens with one attached hydrogen (secondary N) is 1. The molecule has 1 saturated heterocycles. The summed E-state index contributed by atoms with van der Waals surface area (Å²) >= 11 is 1.87. The quantitative estimate of drug-likeness (QED) is 0.861. The Morgan fingerprint density at radius 3 is 2.61 bits per heavy atom. The van der Waals surface area contributed by atoms with Crippen LogP contribution in [0.2, 0.25) is 0 Å². The monoisotopic (exact) mass is 398 g/mol. The normalized spacial score (nSPS) is 18.5. The summed E-state index contributed by atoms with van der Waals surface area (Å²) in [6.45, 7) is 3.60. The molecule has 0 saturated carbocycles. The van der Waals surface area contributed by atoms with Crippen molar-refractivity contribution in [2.24, 2.45) is 0 Å². The Kier molecular flexibility index (Phi) is 5.43. The van der Waals surface area contributed by atoms with Gasteiger partial charge in [0.15, 0.2) is 11.5 Å². The summed E-state index contributed by atoms with van der Waals surface area (Å²) in [6, 6.07) is 12.6. The number of hydrogen-bond acceptors (Lipinski definition) is 5. The number of rotatable bonds is 3. The highest BCUT2D eigenvalue weighted by Gasteiger charge is 2.28. The molecule has 28 heavy (non-hydrogen) atoms. The van der Waals surface area contributed by atoms with Gasteiger partial charge in [-0.2, -0.15) is 11.8 Å². The van der Waals surface area contributed by atoms with E-state index in [-0.39, 0.29) is 18.4 Å². The number of amides is 2. The van der Waals surface area contributed by atoms with Crippen molar-refractivity contribution in [1.82, 2.24) is 4.90 Å². The summed E-state index contributed by atoms with van der Waals surface area (Å²) in [6.07, 6.45) is -0.721. The van der Waals surface area contributed by atoms with Gasteiger partial charge in [0, 0.05) is 35.8 Å². The first-order chi connectivity index (χ1) is 13.6. The fourth-order valence-electron chi connectivity index (χ4n) is 3.25. The number of ether oxygens (including phenoxy) is 2. The average Bonchev–Trinajstić information content (AvgIpc) is 2.74. The molecular formula is C21H22N2O4S. The Morgan fingerprint density at radius 2 is 1.86 bits per heavy atom. The van der Waals surface area contributed by atoms with Gasteiger partial charge in [-0.05, 0) is 42.8 Å². The van der Waals surface area contributed by atoms with Crippen molar-refractivity contribution in [2.45, 2.75) is 13.0 Å². The predicted octanol–water partition coefficient (Wildman–Crippen LogP) is 2.96. The lowest BCUT2D eigenvalue weighted by Gasteiger charge is -2.27. The minimum atomic E-state index is -0.721. The fraction of sp³-hybridized carbons (Fsp3) is 0.333. The number of thioether (sulfide) groups is 1. The Morgan fingerprint density at radius 1 is 1.11 bits per heavy atom. The molecule has 2 aromatic rings. The van der Waals surface area contributed by atoms with E-state index in [1.165, 1.54) is 0 Å². The van der Waals surface area contributed by atoms with Gasteiger partial charge in [-0.15, -0.1) is 0 Å². The standard InChI is InChI=1S/C21H22N2O4S/c1-14-12-15(21(25)23-8-10-28-11-9-23)6-7-16(14)22-20(24)19-13-26-17-4-2-3-5-18(17)27-19/h2-7,12,19H,8-11,13H2,1H3,(H,22,24)/t19-/m0/s1.